The molecule has 7 heteroatoms. The van der Waals surface area contributed by atoms with Crippen molar-refractivity contribution in [1.29, 1.82) is 0 Å². The predicted molar refractivity (Wildman–Crippen MR) is 115 cm³/mol. The Labute approximate surface area is 176 Å². The second kappa shape index (κ2) is 7.35. The molecular formula is C22H29N5OS. The minimum absolute atomic E-state index is 0.0608. The van der Waals surface area contributed by atoms with E-state index in [-0.39, 0.29) is 5.91 Å². The van der Waals surface area contributed by atoms with Gasteiger partial charge in [-0.25, -0.2) is 4.68 Å². The lowest BCUT2D eigenvalue weighted by Gasteiger charge is -2.56. The predicted octanol–water partition coefficient (Wildman–Crippen LogP) is 3.39. The lowest BCUT2D eigenvalue weighted by atomic mass is 9.49. The number of rotatable bonds is 6. The molecule has 0 radical (unpaired) electrons. The highest BCUT2D eigenvalue weighted by Gasteiger charge is 2.50. The maximum absolute atomic E-state index is 12.5. The van der Waals surface area contributed by atoms with Gasteiger partial charge in [-0.2, -0.15) is 0 Å². The Kier molecular flexibility index (Phi) is 4.81. The summed E-state index contributed by atoms with van der Waals surface area (Å²) in [5, 5.41) is 12.2. The molecule has 154 valence electrons. The number of carbonyl (C=O) groups is 1. The quantitative estimate of drug-likeness (QED) is 0.562. The van der Waals surface area contributed by atoms with Crippen LogP contribution < -0.4 is 11.2 Å². The monoisotopic (exact) mass is 411 g/mol. The van der Waals surface area contributed by atoms with Crippen LogP contribution in [0.5, 0.6) is 0 Å². The van der Waals surface area contributed by atoms with Gasteiger partial charge in [0.2, 0.25) is 11.1 Å². The number of amides is 1. The third-order valence-electron chi connectivity index (χ3n) is 7.13. The highest BCUT2D eigenvalue weighted by atomic mass is 32.2. The van der Waals surface area contributed by atoms with Crippen molar-refractivity contribution in [2.75, 3.05) is 18.1 Å². The van der Waals surface area contributed by atoms with E-state index < -0.39 is 0 Å². The smallest absolute Gasteiger partial charge is 0.230 e. The first-order valence-corrected chi connectivity index (χ1v) is 11.7. The van der Waals surface area contributed by atoms with Crippen molar-refractivity contribution in [2.45, 2.75) is 50.6 Å². The molecule has 4 bridgehead atoms. The molecule has 1 aromatic carbocycles. The van der Waals surface area contributed by atoms with Crippen molar-refractivity contribution in [3.63, 3.8) is 0 Å². The van der Waals surface area contributed by atoms with Gasteiger partial charge >= 0.3 is 0 Å². The number of aromatic nitrogens is 3. The van der Waals surface area contributed by atoms with Crippen LogP contribution in [-0.4, -0.2) is 33.1 Å². The minimum atomic E-state index is 0.0608. The average Bonchev–Trinajstić information content (AvgIpc) is 3.05. The molecule has 29 heavy (non-hydrogen) atoms. The van der Waals surface area contributed by atoms with Crippen molar-refractivity contribution < 1.29 is 4.79 Å². The number of benzene rings is 1. The van der Waals surface area contributed by atoms with Crippen LogP contribution in [0.1, 0.15) is 44.1 Å². The van der Waals surface area contributed by atoms with Crippen LogP contribution in [0.3, 0.4) is 0 Å². The minimum Gasteiger partial charge on any atom is -0.355 e. The van der Waals surface area contributed by atoms with Gasteiger partial charge in [-0.3, -0.25) is 4.79 Å². The summed E-state index contributed by atoms with van der Waals surface area (Å²) in [6.07, 6.45) is 8.21. The van der Waals surface area contributed by atoms with Crippen LogP contribution in [0.4, 0.5) is 0 Å². The van der Waals surface area contributed by atoms with Crippen LogP contribution in [0.15, 0.2) is 29.4 Å². The summed E-state index contributed by atoms with van der Waals surface area (Å²) in [4.78, 5) is 12.5. The number of hydrogen-bond donors (Lipinski definition) is 2. The SMILES string of the molecule is Cc1ccc(-c2nnc(SCC(=O)NCC34CC5CC(CC(C5)C3)C4)n2N)cc1. The van der Waals surface area contributed by atoms with Gasteiger partial charge in [-0.15, -0.1) is 10.2 Å². The molecule has 1 heterocycles. The molecule has 6 rings (SSSR count). The van der Waals surface area contributed by atoms with Gasteiger partial charge in [-0.1, -0.05) is 41.6 Å². The number of nitrogen functional groups attached to an aromatic ring is 1. The van der Waals surface area contributed by atoms with E-state index in [0.717, 1.165) is 29.9 Å². The fourth-order valence-electron chi connectivity index (χ4n) is 6.25. The molecule has 0 aliphatic heterocycles. The van der Waals surface area contributed by atoms with Crippen LogP contribution in [0.2, 0.25) is 0 Å². The zero-order valence-corrected chi connectivity index (χ0v) is 17.8. The molecule has 4 fully saturated rings. The molecule has 0 spiro atoms. The van der Waals surface area contributed by atoms with Gasteiger partial charge in [0, 0.05) is 12.1 Å². The normalized spacial score (nSPS) is 29.9. The third-order valence-corrected chi connectivity index (χ3v) is 8.08. The molecule has 3 N–H and O–H groups in total. The van der Waals surface area contributed by atoms with Gasteiger partial charge in [0.15, 0.2) is 5.82 Å². The molecule has 2 aromatic rings. The molecule has 1 aromatic heterocycles. The summed E-state index contributed by atoms with van der Waals surface area (Å²) < 4.78 is 1.47. The lowest BCUT2D eigenvalue weighted by molar-refractivity contribution is -0.120. The first-order chi connectivity index (χ1) is 14.0. The van der Waals surface area contributed by atoms with E-state index in [1.165, 1.54) is 60.5 Å². The van der Waals surface area contributed by atoms with E-state index in [4.69, 9.17) is 5.84 Å². The van der Waals surface area contributed by atoms with Gasteiger partial charge in [0.05, 0.1) is 5.75 Å². The van der Waals surface area contributed by atoms with Crippen molar-refractivity contribution in [2.24, 2.45) is 23.2 Å². The molecule has 4 aliphatic rings. The van der Waals surface area contributed by atoms with E-state index in [0.29, 0.717) is 22.1 Å². The van der Waals surface area contributed by atoms with E-state index >= 15 is 0 Å². The summed E-state index contributed by atoms with van der Waals surface area (Å²) in [5.74, 6) is 9.88. The van der Waals surface area contributed by atoms with Gasteiger partial charge in [-0.05, 0) is 68.6 Å². The Balaban J connectivity index is 1.16. The van der Waals surface area contributed by atoms with Gasteiger partial charge < -0.3 is 11.2 Å². The third kappa shape index (κ3) is 3.77. The second-order valence-electron chi connectivity index (χ2n) is 9.53. The van der Waals surface area contributed by atoms with E-state index in [9.17, 15) is 4.79 Å². The molecular weight excluding hydrogens is 382 g/mol. The Morgan fingerprint density at radius 1 is 1.14 bits per heavy atom. The molecule has 0 atom stereocenters. The molecule has 0 saturated heterocycles. The molecule has 0 unspecified atom stereocenters. The largest absolute Gasteiger partial charge is 0.355 e. The van der Waals surface area contributed by atoms with Gasteiger partial charge in [0.25, 0.3) is 0 Å². The number of hydrogen-bond acceptors (Lipinski definition) is 5. The first kappa shape index (κ1) is 19.0. The number of nitrogens with zero attached hydrogens (tertiary/aromatic N) is 3. The molecule has 4 saturated carbocycles. The first-order valence-electron chi connectivity index (χ1n) is 10.7. The van der Waals surface area contributed by atoms with E-state index in [2.05, 4.69) is 15.5 Å². The highest BCUT2D eigenvalue weighted by molar-refractivity contribution is 7.99. The van der Waals surface area contributed by atoms with E-state index in [1.807, 2.05) is 31.2 Å². The zero-order chi connectivity index (χ0) is 20.0. The number of carbonyl (C=O) groups excluding carboxylic acids is 1. The fraction of sp³-hybridized carbons (Fsp3) is 0.591. The average molecular weight is 412 g/mol. The maximum atomic E-state index is 12.5. The number of nitrogens with one attached hydrogen (secondary N) is 1. The van der Waals surface area contributed by atoms with Gasteiger partial charge in [0.1, 0.15) is 0 Å². The number of aryl methyl sites for hydroxylation is 1. The summed E-state index contributed by atoms with van der Waals surface area (Å²) in [5.41, 5.74) is 2.47. The Hall–Kier alpha value is -2.02. The highest BCUT2D eigenvalue weighted by Crippen LogP contribution is 2.59. The maximum Gasteiger partial charge on any atom is 0.230 e. The molecule has 6 nitrogen and oxygen atoms in total. The number of thioether (sulfide) groups is 1. The van der Waals surface area contributed by atoms with Crippen molar-refractivity contribution in [3.05, 3.63) is 29.8 Å². The Bertz CT molecular complexity index is 871. The molecule has 4 aliphatic carbocycles. The summed E-state index contributed by atoms with van der Waals surface area (Å²) in [6.45, 7) is 2.88. The lowest BCUT2D eigenvalue weighted by Crippen LogP contribution is -2.51. The van der Waals surface area contributed by atoms with Crippen molar-refractivity contribution in [1.82, 2.24) is 20.2 Å². The zero-order valence-electron chi connectivity index (χ0n) is 16.9. The van der Waals surface area contributed by atoms with Crippen LogP contribution in [0.25, 0.3) is 11.4 Å². The van der Waals surface area contributed by atoms with Crippen LogP contribution >= 0.6 is 11.8 Å². The van der Waals surface area contributed by atoms with Crippen LogP contribution in [-0.2, 0) is 4.79 Å². The van der Waals surface area contributed by atoms with Crippen molar-refractivity contribution >= 4 is 17.7 Å². The summed E-state index contributed by atoms with van der Waals surface area (Å²) in [7, 11) is 0. The van der Waals surface area contributed by atoms with Crippen molar-refractivity contribution in [3.8, 4) is 11.4 Å². The topological polar surface area (TPSA) is 85.8 Å². The summed E-state index contributed by atoms with van der Waals surface area (Å²) in [6, 6.07) is 8.01. The molecule has 1 amide bonds. The second-order valence-corrected chi connectivity index (χ2v) is 10.5. The Morgan fingerprint density at radius 2 is 1.76 bits per heavy atom. The number of nitrogens with two attached hydrogens (primary N) is 1. The summed E-state index contributed by atoms with van der Waals surface area (Å²) >= 11 is 1.34. The van der Waals surface area contributed by atoms with E-state index in [1.54, 1.807) is 0 Å². The Morgan fingerprint density at radius 3 is 2.38 bits per heavy atom. The fourth-order valence-corrected chi connectivity index (χ4v) is 6.94. The van der Waals surface area contributed by atoms with Crippen LogP contribution in [0, 0.1) is 30.1 Å². The standard InChI is InChI=1S/C22H29N5OS/c1-14-2-4-18(5-3-14)20-25-26-21(27(20)23)29-12-19(28)24-13-22-9-15-6-16(10-22)8-17(7-15)11-22/h2-5,15-17H,6-13,23H2,1H3,(H,24,28).